The molecule has 1 rings (SSSR count). The fourth-order valence-electron chi connectivity index (χ4n) is 1.00. The highest BCUT2D eigenvalue weighted by atomic mass is 35.5. The number of nitrogens with zero attached hydrogens (tertiary/aromatic N) is 1. The number of anilines is 1. The number of carboxylic acid groups (broad SMARTS) is 1. The van der Waals surface area contributed by atoms with Gasteiger partial charge in [0.1, 0.15) is 12.4 Å². The van der Waals surface area contributed by atoms with Gasteiger partial charge in [-0.25, -0.2) is 9.78 Å². The molecule has 0 radical (unpaired) electrons. The normalized spacial score (nSPS) is 9.56. The van der Waals surface area contributed by atoms with Crippen molar-refractivity contribution < 1.29 is 14.6 Å². The first-order valence-corrected chi connectivity index (χ1v) is 4.88. The average Bonchev–Trinajstić information content (AvgIpc) is 2.24. The molecule has 0 fully saturated rings. The highest BCUT2D eigenvalue weighted by Crippen LogP contribution is 2.06. The molecule has 0 unspecified atom stereocenters. The van der Waals surface area contributed by atoms with Crippen LogP contribution >= 0.6 is 11.6 Å². The van der Waals surface area contributed by atoms with Crippen LogP contribution in [0.5, 0.6) is 0 Å². The van der Waals surface area contributed by atoms with Crippen molar-refractivity contribution in [3.05, 3.63) is 35.7 Å². The third-order valence-electron chi connectivity index (χ3n) is 1.67. The molecule has 0 saturated heterocycles. The molecule has 1 aromatic rings. The van der Waals surface area contributed by atoms with Gasteiger partial charge >= 0.3 is 5.97 Å². The number of hydrogen-bond acceptors (Lipinski definition) is 4. The van der Waals surface area contributed by atoms with Crippen LogP contribution in [0.25, 0.3) is 0 Å². The Bertz CT molecular complexity index is 395. The van der Waals surface area contributed by atoms with E-state index >= 15 is 0 Å². The Hall–Kier alpha value is -1.75. The predicted octanol–water partition coefficient (Wildman–Crippen LogP) is 1.92. The minimum Gasteiger partial charge on any atom is -0.482 e. The van der Waals surface area contributed by atoms with Crippen LogP contribution in [0, 0.1) is 0 Å². The van der Waals surface area contributed by atoms with Crippen molar-refractivity contribution in [1.82, 2.24) is 4.98 Å². The highest BCUT2D eigenvalue weighted by Gasteiger charge is 2.03. The van der Waals surface area contributed by atoms with Crippen LogP contribution in [-0.2, 0) is 4.74 Å². The molecular formula is C10H11ClN2O3. The molecule has 1 heterocycles. The summed E-state index contributed by atoms with van der Waals surface area (Å²) in [7, 11) is 0. The number of nitrogens with one attached hydrogen (secondary N) is 1. The maximum atomic E-state index is 10.7. The van der Waals surface area contributed by atoms with E-state index in [2.05, 4.69) is 16.9 Å². The summed E-state index contributed by atoms with van der Waals surface area (Å²) in [5.74, 6) is -0.514. The smallest absolute Gasteiger partial charge is 0.335 e. The number of hydrogen-bond donors (Lipinski definition) is 2. The number of aromatic carboxylic acids is 1. The summed E-state index contributed by atoms with van der Waals surface area (Å²) >= 11 is 5.39. The van der Waals surface area contributed by atoms with Gasteiger partial charge in [0, 0.05) is 6.20 Å². The molecule has 0 bridgehead atoms. The third-order valence-corrected chi connectivity index (χ3v) is 1.78. The quantitative estimate of drug-likeness (QED) is 0.589. The van der Waals surface area contributed by atoms with E-state index in [1.54, 1.807) is 0 Å². The van der Waals surface area contributed by atoms with Crippen LogP contribution < -0.4 is 5.32 Å². The van der Waals surface area contributed by atoms with E-state index in [4.69, 9.17) is 21.4 Å². The number of halogens is 1. The van der Waals surface area contributed by atoms with Gasteiger partial charge in [0.25, 0.3) is 0 Å². The second-order valence-electron chi connectivity index (χ2n) is 2.87. The van der Waals surface area contributed by atoms with Gasteiger partial charge in [0.05, 0.1) is 12.1 Å². The van der Waals surface area contributed by atoms with Gasteiger partial charge in [-0.1, -0.05) is 0 Å². The van der Waals surface area contributed by atoms with Gasteiger partial charge in [-0.15, -0.1) is 0 Å². The van der Waals surface area contributed by atoms with Gasteiger partial charge in [-0.05, 0) is 30.3 Å². The second kappa shape index (κ2) is 5.97. The van der Waals surface area contributed by atoms with Crippen molar-refractivity contribution in [3.63, 3.8) is 0 Å². The summed E-state index contributed by atoms with van der Waals surface area (Å²) in [5.41, 5.74) is 0.181. The summed E-state index contributed by atoms with van der Waals surface area (Å²) < 4.78 is 4.91. The van der Waals surface area contributed by atoms with E-state index in [0.717, 1.165) is 0 Å². The Balaban J connectivity index is 2.45. The molecule has 0 amide bonds. The standard InChI is InChI=1S/C10H11ClN2O3/c1-7(11)16-5-4-13-9-6-8(10(14)15)2-3-12-9/h2-3,6H,1,4-5H2,(H,12,13)(H,14,15). The lowest BCUT2D eigenvalue weighted by atomic mass is 10.2. The number of aromatic nitrogens is 1. The van der Waals surface area contributed by atoms with Crippen molar-refractivity contribution in [1.29, 1.82) is 0 Å². The largest absolute Gasteiger partial charge is 0.482 e. The van der Waals surface area contributed by atoms with Crippen molar-refractivity contribution >= 4 is 23.4 Å². The molecule has 0 aliphatic heterocycles. The topological polar surface area (TPSA) is 71.5 Å². The second-order valence-corrected chi connectivity index (χ2v) is 3.29. The number of pyridine rings is 1. The van der Waals surface area contributed by atoms with Gasteiger partial charge in [-0.3, -0.25) is 0 Å². The zero-order valence-electron chi connectivity index (χ0n) is 8.44. The van der Waals surface area contributed by atoms with E-state index in [9.17, 15) is 4.79 Å². The summed E-state index contributed by atoms with van der Waals surface area (Å²) in [5, 5.41) is 11.8. The number of ether oxygens (including phenoxy) is 1. The van der Waals surface area contributed by atoms with Gasteiger partial charge < -0.3 is 15.2 Å². The Morgan fingerprint density at radius 3 is 3.06 bits per heavy atom. The first-order chi connectivity index (χ1) is 7.59. The lowest BCUT2D eigenvalue weighted by Crippen LogP contribution is -2.10. The molecule has 5 nitrogen and oxygen atoms in total. The molecular weight excluding hydrogens is 232 g/mol. The molecule has 16 heavy (non-hydrogen) atoms. The lowest BCUT2D eigenvalue weighted by molar-refractivity contribution is 0.0697. The van der Waals surface area contributed by atoms with Crippen LogP contribution in [0.15, 0.2) is 30.1 Å². The van der Waals surface area contributed by atoms with Crippen molar-refractivity contribution in [2.45, 2.75) is 0 Å². The molecule has 0 spiro atoms. The summed E-state index contributed by atoms with van der Waals surface area (Å²) in [6, 6.07) is 2.86. The molecule has 0 aliphatic rings. The van der Waals surface area contributed by atoms with E-state index in [0.29, 0.717) is 19.0 Å². The Kier molecular flexibility index (Phi) is 4.60. The number of rotatable bonds is 6. The van der Waals surface area contributed by atoms with Gasteiger partial charge in [-0.2, -0.15) is 0 Å². The molecule has 86 valence electrons. The minimum atomic E-state index is -0.990. The SMILES string of the molecule is C=C(Cl)OCCNc1cc(C(=O)O)ccn1. The average molecular weight is 243 g/mol. The van der Waals surface area contributed by atoms with Crippen LogP contribution in [-0.4, -0.2) is 29.2 Å². The molecule has 0 atom stereocenters. The molecule has 6 heteroatoms. The van der Waals surface area contributed by atoms with E-state index < -0.39 is 5.97 Å². The maximum Gasteiger partial charge on any atom is 0.335 e. The summed E-state index contributed by atoms with van der Waals surface area (Å²) in [6.45, 7) is 4.15. The fraction of sp³-hybridized carbons (Fsp3) is 0.200. The molecule has 0 saturated carbocycles. The molecule has 2 N–H and O–H groups in total. The Morgan fingerprint density at radius 2 is 2.44 bits per heavy atom. The van der Waals surface area contributed by atoms with Crippen LogP contribution in [0.2, 0.25) is 0 Å². The lowest BCUT2D eigenvalue weighted by Gasteiger charge is -2.06. The monoisotopic (exact) mass is 242 g/mol. The van der Waals surface area contributed by atoms with Crippen molar-refractivity contribution in [3.8, 4) is 0 Å². The number of carbonyl (C=O) groups is 1. The third kappa shape index (κ3) is 4.18. The Labute approximate surface area is 97.7 Å². The van der Waals surface area contributed by atoms with Gasteiger partial charge in [0.15, 0.2) is 5.22 Å². The van der Waals surface area contributed by atoms with E-state index in [1.165, 1.54) is 18.3 Å². The fourth-order valence-corrected chi connectivity index (χ4v) is 1.08. The Morgan fingerprint density at radius 1 is 1.69 bits per heavy atom. The summed E-state index contributed by atoms with van der Waals surface area (Å²) in [6.07, 6.45) is 1.42. The number of carboxylic acids is 1. The zero-order valence-corrected chi connectivity index (χ0v) is 9.20. The van der Waals surface area contributed by atoms with Crippen LogP contribution in [0.3, 0.4) is 0 Å². The highest BCUT2D eigenvalue weighted by molar-refractivity contribution is 6.27. The first kappa shape index (κ1) is 12.3. The minimum absolute atomic E-state index is 0.119. The molecule has 0 aliphatic carbocycles. The maximum absolute atomic E-state index is 10.7. The molecule has 0 aromatic carbocycles. The predicted molar refractivity (Wildman–Crippen MR) is 60.6 cm³/mol. The van der Waals surface area contributed by atoms with E-state index in [1.807, 2.05) is 0 Å². The van der Waals surface area contributed by atoms with Gasteiger partial charge in [0.2, 0.25) is 0 Å². The van der Waals surface area contributed by atoms with Crippen molar-refractivity contribution in [2.75, 3.05) is 18.5 Å². The van der Waals surface area contributed by atoms with Crippen LogP contribution in [0.1, 0.15) is 10.4 Å². The van der Waals surface area contributed by atoms with Crippen molar-refractivity contribution in [2.24, 2.45) is 0 Å². The zero-order chi connectivity index (χ0) is 12.0. The van der Waals surface area contributed by atoms with E-state index in [-0.39, 0.29) is 10.8 Å². The van der Waals surface area contributed by atoms with Crippen LogP contribution in [0.4, 0.5) is 5.82 Å². The first-order valence-electron chi connectivity index (χ1n) is 4.50. The molecule has 1 aromatic heterocycles. The summed E-state index contributed by atoms with van der Waals surface area (Å²) in [4.78, 5) is 14.6.